The lowest BCUT2D eigenvalue weighted by molar-refractivity contribution is -0.111. The van der Waals surface area contributed by atoms with Gasteiger partial charge in [0, 0.05) is 63.8 Å². The second-order valence-corrected chi connectivity index (χ2v) is 13.4. The third kappa shape index (κ3) is 11.1. The number of aldehydes is 2. The molecule has 0 amide bonds. The van der Waals surface area contributed by atoms with E-state index in [1.165, 1.54) is 0 Å². The smallest absolute Gasteiger partial charge is 0.153 e. The summed E-state index contributed by atoms with van der Waals surface area (Å²) in [6.45, 7) is 12.2. The van der Waals surface area contributed by atoms with Crippen molar-refractivity contribution in [2.24, 2.45) is 0 Å². The molecule has 0 saturated carbocycles. The van der Waals surface area contributed by atoms with Gasteiger partial charge in [0.25, 0.3) is 0 Å². The molecule has 0 radical (unpaired) electrons. The average molecular weight is 731 g/mol. The van der Waals surface area contributed by atoms with Crippen LogP contribution in [0.3, 0.4) is 0 Å². The van der Waals surface area contributed by atoms with Crippen LogP contribution in [-0.4, -0.2) is 73.1 Å². The van der Waals surface area contributed by atoms with Gasteiger partial charge in [0.15, 0.2) is 6.29 Å². The molecule has 0 aliphatic carbocycles. The van der Waals surface area contributed by atoms with Gasteiger partial charge in [0.05, 0.1) is 22.8 Å². The van der Waals surface area contributed by atoms with Gasteiger partial charge in [0.2, 0.25) is 0 Å². The van der Waals surface area contributed by atoms with Crippen molar-refractivity contribution < 1.29 is 33.6 Å². The molecular formula is C42H51ClN2O7. The Hall–Kier alpha value is -4.28. The highest BCUT2D eigenvalue weighted by Crippen LogP contribution is 2.36. The van der Waals surface area contributed by atoms with Gasteiger partial charge in [-0.25, -0.2) is 0 Å². The maximum absolute atomic E-state index is 11.8. The van der Waals surface area contributed by atoms with Crippen molar-refractivity contribution in [1.29, 1.82) is 0 Å². The number of rotatable bonds is 17. The molecule has 10 heteroatoms. The number of halogens is 1. The zero-order valence-corrected chi connectivity index (χ0v) is 31.7. The number of hydrogen-bond acceptors (Lipinski definition) is 9. The number of likely N-dealkylation sites (tertiary alicyclic amines) is 1. The zero-order valence-electron chi connectivity index (χ0n) is 31.0. The average Bonchev–Trinajstić information content (AvgIpc) is 3.53. The zero-order chi connectivity index (χ0) is 37.5. The van der Waals surface area contributed by atoms with Crippen LogP contribution in [0.25, 0.3) is 11.1 Å². The molecule has 1 aromatic heterocycles. The number of pyridine rings is 1. The number of hydrogen-bond donors (Lipinski definition) is 1. The fourth-order valence-corrected chi connectivity index (χ4v) is 6.35. The van der Waals surface area contributed by atoms with E-state index in [-0.39, 0.29) is 19.6 Å². The first-order valence-electron chi connectivity index (χ1n) is 17.8. The molecule has 1 N–H and O–H groups in total. The summed E-state index contributed by atoms with van der Waals surface area (Å²) < 4.78 is 23.0. The molecular weight excluding hydrogens is 680 g/mol. The monoisotopic (exact) mass is 730 g/mol. The minimum atomic E-state index is -0.894. The lowest BCUT2D eigenvalue weighted by atomic mass is 9.93. The van der Waals surface area contributed by atoms with E-state index in [2.05, 4.69) is 47.5 Å². The SMILES string of the molecule is CCOC.CCc1cncc(COc2cc(OCc3cccc(-c4cccc(OCCCN5CCC(O)(CC=O)C5)c4C)c3C)c(Cl)cc2C=O)c1. The quantitative estimate of drug-likeness (QED) is 0.0854. The number of aliphatic hydroxyl groups is 1. The van der Waals surface area contributed by atoms with Crippen molar-refractivity contribution in [2.45, 2.75) is 72.2 Å². The molecule has 278 valence electrons. The van der Waals surface area contributed by atoms with Gasteiger partial charge < -0.3 is 33.7 Å². The molecule has 3 aromatic carbocycles. The summed E-state index contributed by atoms with van der Waals surface area (Å²) in [6, 6.07) is 17.5. The van der Waals surface area contributed by atoms with E-state index < -0.39 is 5.60 Å². The molecule has 1 aliphatic rings. The lowest BCUT2D eigenvalue weighted by Crippen LogP contribution is -2.34. The number of ether oxygens (including phenoxy) is 4. The first-order valence-corrected chi connectivity index (χ1v) is 18.2. The minimum Gasteiger partial charge on any atom is -0.493 e. The Kier molecular flexibility index (Phi) is 15.6. The molecule has 2 heterocycles. The molecule has 1 fully saturated rings. The number of carbonyl (C=O) groups is 2. The van der Waals surface area contributed by atoms with Crippen molar-refractivity contribution in [3.8, 4) is 28.4 Å². The summed E-state index contributed by atoms with van der Waals surface area (Å²) in [6.07, 6.45) is 7.61. The maximum atomic E-state index is 11.8. The molecule has 9 nitrogen and oxygen atoms in total. The van der Waals surface area contributed by atoms with Crippen LogP contribution in [-0.2, 0) is 29.2 Å². The van der Waals surface area contributed by atoms with Crippen molar-refractivity contribution in [3.63, 3.8) is 0 Å². The fourth-order valence-electron chi connectivity index (χ4n) is 6.13. The van der Waals surface area contributed by atoms with Gasteiger partial charge in [-0.05, 0) is 91.6 Å². The van der Waals surface area contributed by atoms with E-state index in [4.69, 9.17) is 25.8 Å². The number of aromatic nitrogens is 1. The van der Waals surface area contributed by atoms with E-state index in [1.807, 2.05) is 43.5 Å². The predicted octanol–water partition coefficient (Wildman–Crippen LogP) is 8.00. The van der Waals surface area contributed by atoms with Crippen LogP contribution in [0, 0.1) is 13.8 Å². The van der Waals surface area contributed by atoms with Gasteiger partial charge >= 0.3 is 0 Å². The molecule has 52 heavy (non-hydrogen) atoms. The Morgan fingerprint density at radius 1 is 0.904 bits per heavy atom. The fraction of sp³-hybridized carbons (Fsp3) is 0.405. The highest BCUT2D eigenvalue weighted by Gasteiger charge is 2.35. The predicted molar refractivity (Wildman–Crippen MR) is 205 cm³/mol. The number of carbonyl (C=O) groups excluding carboxylic acids is 2. The Balaban J connectivity index is 0.00000144. The van der Waals surface area contributed by atoms with Gasteiger partial charge in [-0.3, -0.25) is 9.78 Å². The van der Waals surface area contributed by atoms with E-state index in [0.717, 1.165) is 89.8 Å². The van der Waals surface area contributed by atoms with E-state index in [1.54, 1.807) is 25.4 Å². The van der Waals surface area contributed by atoms with Gasteiger partial charge in [-0.15, -0.1) is 0 Å². The van der Waals surface area contributed by atoms with Crippen LogP contribution in [0.4, 0.5) is 0 Å². The van der Waals surface area contributed by atoms with Crippen LogP contribution in [0.5, 0.6) is 17.2 Å². The summed E-state index contributed by atoms with van der Waals surface area (Å²) in [4.78, 5) is 29.1. The standard InChI is InChI=1S/C39H43ClN2O6.C3H8O/c1-4-29-18-30(22-41-21-29)24-47-37-20-38(35(40)19-32(37)23-44)48-25-31-8-5-9-33(27(31)2)34-10-6-11-36(28(34)3)46-17-7-14-42-15-12-39(45,26-42)13-16-43;1-3-4-2/h5-6,8-11,16,18-23,45H,4,7,12-15,17,24-26H2,1-3H3;3H2,1-2H3. The molecule has 5 rings (SSSR count). The van der Waals surface area contributed by atoms with Crippen molar-refractivity contribution in [3.05, 3.63) is 105 Å². The Bertz CT molecular complexity index is 1780. The molecule has 1 unspecified atom stereocenters. The number of benzene rings is 3. The van der Waals surface area contributed by atoms with Crippen LogP contribution >= 0.6 is 11.6 Å². The third-order valence-electron chi connectivity index (χ3n) is 9.29. The van der Waals surface area contributed by atoms with Crippen LogP contribution < -0.4 is 14.2 Å². The first kappa shape index (κ1) is 40.5. The maximum Gasteiger partial charge on any atom is 0.153 e. The van der Waals surface area contributed by atoms with Crippen molar-refractivity contribution in [1.82, 2.24) is 9.88 Å². The Labute approximate surface area is 312 Å². The summed E-state index contributed by atoms with van der Waals surface area (Å²) in [7, 11) is 1.68. The summed E-state index contributed by atoms with van der Waals surface area (Å²) in [5, 5.41) is 10.8. The molecule has 1 saturated heterocycles. The Morgan fingerprint density at radius 3 is 2.33 bits per heavy atom. The summed E-state index contributed by atoms with van der Waals surface area (Å²) >= 11 is 6.53. The van der Waals surface area contributed by atoms with E-state index in [0.29, 0.717) is 41.7 Å². The number of methoxy groups -OCH3 is 1. The largest absolute Gasteiger partial charge is 0.493 e. The summed E-state index contributed by atoms with van der Waals surface area (Å²) in [5.41, 5.74) is 6.77. The van der Waals surface area contributed by atoms with E-state index in [9.17, 15) is 14.7 Å². The normalized spacial score (nSPS) is 15.4. The third-order valence-corrected chi connectivity index (χ3v) is 9.58. The van der Waals surface area contributed by atoms with Gasteiger partial charge in [-0.1, -0.05) is 48.9 Å². The minimum absolute atomic E-state index is 0.185. The van der Waals surface area contributed by atoms with Gasteiger partial charge in [0.1, 0.15) is 36.7 Å². The molecule has 4 aromatic rings. The second-order valence-electron chi connectivity index (χ2n) is 13.0. The van der Waals surface area contributed by atoms with Crippen LogP contribution in [0.2, 0.25) is 5.02 Å². The van der Waals surface area contributed by atoms with Crippen molar-refractivity contribution >= 4 is 24.2 Å². The lowest BCUT2D eigenvalue weighted by Gasteiger charge is -2.21. The highest BCUT2D eigenvalue weighted by molar-refractivity contribution is 6.32. The highest BCUT2D eigenvalue weighted by atomic mass is 35.5. The summed E-state index contributed by atoms with van der Waals surface area (Å²) in [5.74, 6) is 1.65. The topological polar surface area (TPSA) is 107 Å². The second kappa shape index (κ2) is 20.1. The number of nitrogens with zero attached hydrogens (tertiary/aromatic N) is 2. The van der Waals surface area contributed by atoms with Crippen LogP contribution in [0.15, 0.2) is 67.0 Å². The molecule has 1 aliphatic heterocycles. The van der Waals surface area contributed by atoms with Crippen molar-refractivity contribution in [2.75, 3.05) is 40.0 Å². The van der Waals surface area contributed by atoms with Crippen LogP contribution in [0.1, 0.15) is 71.3 Å². The molecule has 0 bridgehead atoms. The Morgan fingerprint density at radius 2 is 1.62 bits per heavy atom. The molecule has 0 spiro atoms. The number of aryl methyl sites for hydroxylation is 1. The van der Waals surface area contributed by atoms with E-state index >= 15 is 0 Å². The van der Waals surface area contributed by atoms with Gasteiger partial charge in [-0.2, -0.15) is 0 Å². The molecule has 1 atom stereocenters. The first-order chi connectivity index (χ1) is 25.1. The number of β-amino-alcohol motifs (C(OH)–C–C–N with tert-alkyl or cyclic N) is 1.